The molecular weight excluding hydrogens is 320 g/mol. The molecule has 0 saturated carbocycles. The van der Waals surface area contributed by atoms with Crippen LogP contribution in [0.5, 0.6) is 0 Å². The fourth-order valence-corrected chi connectivity index (χ4v) is 2.26. The van der Waals surface area contributed by atoms with Crippen LogP contribution in [0.15, 0.2) is 46.9 Å². The van der Waals surface area contributed by atoms with E-state index in [1.165, 1.54) is 6.07 Å². The Morgan fingerprint density at radius 2 is 1.85 bits per heavy atom. The lowest BCUT2D eigenvalue weighted by Crippen LogP contribution is -2.08. The minimum absolute atomic E-state index is 0.0106. The molecule has 0 spiro atoms. The number of halogens is 1. The van der Waals surface area contributed by atoms with Gasteiger partial charge in [0, 0.05) is 16.6 Å². The third-order valence-corrected chi connectivity index (χ3v) is 3.62. The summed E-state index contributed by atoms with van der Waals surface area (Å²) in [5.41, 5.74) is 2.70. The molecule has 0 saturated heterocycles. The van der Waals surface area contributed by atoms with E-state index in [-0.39, 0.29) is 16.7 Å². The number of nitrogens with one attached hydrogen (secondary N) is 1. The van der Waals surface area contributed by atoms with Crippen molar-refractivity contribution in [1.82, 2.24) is 0 Å². The molecule has 0 bridgehead atoms. The number of hydrogen-bond acceptors (Lipinski definition) is 3. The van der Waals surface area contributed by atoms with Gasteiger partial charge in [-0.15, -0.1) is 0 Å². The van der Waals surface area contributed by atoms with E-state index in [1.807, 2.05) is 38.1 Å². The van der Waals surface area contributed by atoms with E-state index >= 15 is 0 Å². The molecule has 4 nitrogen and oxygen atoms in total. The summed E-state index contributed by atoms with van der Waals surface area (Å²) in [4.78, 5) is 10.7. The predicted octanol–water partition coefficient (Wildman–Crippen LogP) is 4.84. The van der Waals surface area contributed by atoms with Crippen LogP contribution in [0.3, 0.4) is 0 Å². The Morgan fingerprint density at radius 3 is 2.45 bits per heavy atom. The Bertz CT molecular complexity index is 626. The summed E-state index contributed by atoms with van der Waals surface area (Å²) in [5, 5.41) is 14.3. The number of nitrogens with zero attached hydrogens (tertiary/aromatic N) is 1. The molecule has 0 heterocycles. The van der Waals surface area contributed by atoms with Gasteiger partial charge in [-0.25, -0.2) is 0 Å². The minimum atomic E-state index is -0.365. The zero-order valence-corrected chi connectivity index (χ0v) is 12.8. The predicted molar refractivity (Wildman–Crippen MR) is 84.0 cm³/mol. The summed E-state index contributed by atoms with van der Waals surface area (Å²) in [6, 6.07) is 13.0. The first-order valence-corrected chi connectivity index (χ1v) is 7.03. The first kappa shape index (κ1) is 14.5. The molecule has 0 aliphatic rings. The highest BCUT2D eigenvalue weighted by Crippen LogP contribution is 2.29. The number of benzene rings is 2. The average Bonchev–Trinajstić information content (AvgIpc) is 2.39. The van der Waals surface area contributed by atoms with Gasteiger partial charge in [-0.2, -0.15) is 0 Å². The van der Waals surface area contributed by atoms with E-state index in [9.17, 15) is 10.1 Å². The molecule has 5 heteroatoms. The van der Waals surface area contributed by atoms with Crippen LogP contribution in [0.4, 0.5) is 11.4 Å². The van der Waals surface area contributed by atoms with Gasteiger partial charge in [-0.1, -0.05) is 34.1 Å². The normalized spacial score (nSPS) is 11.9. The SMILES string of the molecule is Cc1ccc([N+](=O)[O-])c(NC(C)c2ccc(Br)cc2)c1. The van der Waals surface area contributed by atoms with Crippen molar-refractivity contribution in [2.45, 2.75) is 19.9 Å². The van der Waals surface area contributed by atoms with Crippen molar-refractivity contribution >= 4 is 27.3 Å². The lowest BCUT2D eigenvalue weighted by molar-refractivity contribution is -0.384. The number of rotatable bonds is 4. The first-order chi connectivity index (χ1) is 9.47. The number of aryl methyl sites for hydroxylation is 1. The average molecular weight is 335 g/mol. The van der Waals surface area contributed by atoms with Crippen LogP contribution in [-0.4, -0.2) is 4.92 Å². The maximum absolute atomic E-state index is 11.1. The highest BCUT2D eigenvalue weighted by Gasteiger charge is 2.15. The summed E-state index contributed by atoms with van der Waals surface area (Å²) >= 11 is 3.39. The van der Waals surface area contributed by atoms with Gasteiger partial charge >= 0.3 is 0 Å². The van der Waals surface area contributed by atoms with Gasteiger partial charge < -0.3 is 5.32 Å². The second-order valence-electron chi connectivity index (χ2n) is 4.70. The summed E-state index contributed by atoms with van der Waals surface area (Å²) < 4.78 is 1.01. The van der Waals surface area contributed by atoms with Crippen LogP contribution in [0, 0.1) is 17.0 Å². The molecule has 1 atom stereocenters. The largest absolute Gasteiger partial charge is 0.373 e. The standard InChI is InChI=1S/C15H15BrN2O2/c1-10-3-8-15(18(19)20)14(9-10)17-11(2)12-4-6-13(16)7-5-12/h3-9,11,17H,1-2H3. The Hall–Kier alpha value is -1.88. The Labute approximate surface area is 126 Å². The van der Waals surface area contributed by atoms with Gasteiger partial charge in [0.15, 0.2) is 0 Å². The lowest BCUT2D eigenvalue weighted by Gasteiger charge is -2.16. The van der Waals surface area contributed by atoms with E-state index in [1.54, 1.807) is 12.1 Å². The molecule has 1 N–H and O–H groups in total. The van der Waals surface area contributed by atoms with Gasteiger partial charge in [0.25, 0.3) is 5.69 Å². The molecule has 20 heavy (non-hydrogen) atoms. The monoisotopic (exact) mass is 334 g/mol. The van der Waals surface area contributed by atoms with Crippen molar-refractivity contribution in [3.8, 4) is 0 Å². The lowest BCUT2D eigenvalue weighted by atomic mass is 10.1. The summed E-state index contributed by atoms with van der Waals surface area (Å²) in [7, 11) is 0. The van der Waals surface area contributed by atoms with Crippen LogP contribution in [0.25, 0.3) is 0 Å². The van der Waals surface area contributed by atoms with Gasteiger partial charge in [0.1, 0.15) is 5.69 Å². The van der Waals surface area contributed by atoms with Crippen molar-refractivity contribution < 1.29 is 4.92 Å². The fourth-order valence-electron chi connectivity index (χ4n) is 1.99. The minimum Gasteiger partial charge on any atom is -0.373 e. The summed E-state index contributed by atoms with van der Waals surface area (Å²) in [6.07, 6.45) is 0. The number of nitro benzene ring substituents is 1. The van der Waals surface area contributed by atoms with E-state index in [2.05, 4.69) is 21.2 Å². The number of anilines is 1. The molecular formula is C15H15BrN2O2. The Morgan fingerprint density at radius 1 is 1.20 bits per heavy atom. The second kappa shape index (κ2) is 6.05. The van der Waals surface area contributed by atoms with Gasteiger partial charge in [0.2, 0.25) is 0 Å². The van der Waals surface area contributed by atoms with E-state index in [4.69, 9.17) is 0 Å². The van der Waals surface area contributed by atoms with Gasteiger partial charge in [-0.3, -0.25) is 10.1 Å². The molecule has 0 aliphatic heterocycles. The van der Waals surface area contributed by atoms with E-state index in [0.717, 1.165) is 15.6 Å². The van der Waals surface area contributed by atoms with Crippen molar-refractivity contribution in [2.75, 3.05) is 5.32 Å². The van der Waals surface area contributed by atoms with Crippen LogP contribution >= 0.6 is 15.9 Å². The third kappa shape index (κ3) is 3.36. The van der Waals surface area contributed by atoms with Gasteiger partial charge in [0.05, 0.1) is 4.92 Å². The highest BCUT2D eigenvalue weighted by atomic mass is 79.9. The van der Waals surface area contributed by atoms with Crippen LogP contribution < -0.4 is 5.32 Å². The molecule has 2 rings (SSSR count). The van der Waals surface area contributed by atoms with E-state index < -0.39 is 0 Å². The Balaban J connectivity index is 2.27. The quantitative estimate of drug-likeness (QED) is 0.642. The summed E-state index contributed by atoms with van der Waals surface area (Å²) in [6.45, 7) is 3.90. The van der Waals surface area contributed by atoms with Crippen molar-refractivity contribution in [3.63, 3.8) is 0 Å². The molecule has 2 aromatic rings. The fraction of sp³-hybridized carbons (Fsp3) is 0.200. The molecule has 2 aromatic carbocycles. The van der Waals surface area contributed by atoms with Crippen molar-refractivity contribution in [3.05, 3.63) is 68.2 Å². The van der Waals surface area contributed by atoms with Gasteiger partial charge in [-0.05, 0) is 43.2 Å². The molecule has 0 amide bonds. The first-order valence-electron chi connectivity index (χ1n) is 6.24. The molecule has 0 aromatic heterocycles. The topological polar surface area (TPSA) is 55.2 Å². The molecule has 0 fully saturated rings. The Kier molecular flexibility index (Phi) is 4.39. The molecule has 104 valence electrons. The number of nitro groups is 1. The maximum Gasteiger partial charge on any atom is 0.292 e. The van der Waals surface area contributed by atoms with Crippen LogP contribution in [0.1, 0.15) is 24.1 Å². The third-order valence-electron chi connectivity index (χ3n) is 3.09. The van der Waals surface area contributed by atoms with Crippen LogP contribution in [0.2, 0.25) is 0 Å². The second-order valence-corrected chi connectivity index (χ2v) is 5.61. The highest BCUT2D eigenvalue weighted by molar-refractivity contribution is 9.10. The number of hydrogen-bond donors (Lipinski definition) is 1. The molecule has 1 unspecified atom stereocenters. The molecule has 0 aliphatic carbocycles. The summed E-state index contributed by atoms with van der Waals surface area (Å²) in [5.74, 6) is 0. The van der Waals surface area contributed by atoms with E-state index in [0.29, 0.717) is 5.69 Å². The van der Waals surface area contributed by atoms with Crippen molar-refractivity contribution in [2.24, 2.45) is 0 Å². The van der Waals surface area contributed by atoms with Crippen molar-refractivity contribution in [1.29, 1.82) is 0 Å². The smallest absolute Gasteiger partial charge is 0.292 e. The molecule has 0 radical (unpaired) electrons. The van der Waals surface area contributed by atoms with Crippen LogP contribution in [-0.2, 0) is 0 Å². The maximum atomic E-state index is 11.1. The zero-order valence-electron chi connectivity index (χ0n) is 11.3. The zero-order chi connectivity index (χ0) is 14.7.